The Balaban J connectivity index is 2.73. The summed E-state index contributed by atoms with van der Waals surface area (Å²) in [6.07, 6.45) is 2.92. The fourth-order valence-electron chi connectivity index (χ4n) is 2.89. The van der Waals surface area contributed by atoms with Gasteiger partial charge in [-0.2, -0.15) is 0 Å². The van der Waals surface area contributed by atoms with Gasteiger partial charge in [0.15, 0.2) is 0 Å². The van der Waals surface area contributed by atoms with E-state index in [1.165, 1.54) is 0 Å². The molecule has 1 aliphatic heterocycles. The van der Waals surface area contributed by atoms with Crippen LogP contribution in [0.4, 0.5) is 0 Å². The van der Waals surface area contributed by atoms with Crippen LogP contribution in [0.2, 0.25) is 0 Å². The molecule has 1 aliphatic rings. The average Bonchev–Trinajstić information content (AvgIpc) is 2.18. The number of aliphatic carboxylic acids is 1. The fourth-order valence-corrected chi connectivity index (χ4v) is 2.89. The van der Waals surface area contributed by atoms with Crippen molar-refractivity contribution in [1.29, 1.82) is 0 Å². The molecule has 2 unspecified atom stereocenters. The Morgan fingerprint density at radius 3 is 2.56 bits per heavy atom. The second-order valence-electron chi connectivity index (χ2n) is 5.66. The lowest BCUT2D eigenvalue weighted by Crippen LogP contribution is -2.51. The van der Waals surface area contributed by atoms with Crippen LogP contribution in [0.15, 0.2) is 0 Å². The van der Waals surface area contributed by atoms with Crippen molar-refractivity contribution in [3.63, 3.8) is 0 Å². The molecule has 2 atom stereocenters. The van der Waals surface area contributed by atoms with Crippen LogP contribution in [0.25, 0.3) is 0 Å². The first-order chi connectivity index (χ1) is 7.40. The molecule has 1 fully saturated rings. The largest absolute Gasteiger partial charge is 0.481 e. The normalized spacial score (nSPS) is 29.3. The Hall–Kier alpha value is -0.570. The lowest BCUT2D eigenvalue weighted by molar-refractivity contribution is -0.152. The highest BCUT2D eigenvalue weighted by Gasteiger charge is 2.39. The zero-order chi connectivity index (χ0) is 12.3. The quantitative estimate of drug-likeness (QED) is 0.802. The highest BCUT2D eigenvalue weighted by molar-refractivity contribution is 5.74. The molecule has 1 N–H and O–H groups in total. The molecule has 94 valence electrons. The molecule has 1 saturated heterocycles. The predicted octanol–water partition coefficient (Wildman–Crippen LogP) is 2.61. The molecule has 0 aliphatic carbocycles. The molecular weight excluding hydrogens is 202 g/mol. The van der Waals surface area contributed by atoms with Crippen LogP contribution < -0.4 is 0 Å². The summed E-state index contributed by atoms with van der Waals surface area (Å²) in [7, 11) is 0. The number of hydrogen-bond acceptors (Lipinski definition) is 2. The van der Waals surface area contributed by atoms with Crippen LogP contribution in [0.1, 0.15) is 47.0 Å². The molecule has 1 heterocycles. The van der Waals surface area contributed by atoms with Crippen LogP contribution in [-0.2, 0) is 4.79 Å². The Labute approximate surface area is 98.8 Å². The number of hydrogen-bond donors (Lipinski definition) is 1. The van der Waals surface area contributed by atoms with Gasteiger partial charge in [-0.25, -0.2) is 0 Å². The van der Waals surface area contributed by atoms with Crippen LogP contribution in [0.5, 0.6) is 0 Å². The van der Waals surface area contributed by atoms with Gasteiger partial charge >= 0.3 is 5.97 Å². The maximum atomic E-state index is 11.3. The van der Waals surface area contributed by atoms with Gasteiger partial charge in [-0.1, -0.05) is 20.8 Å². The number of carbonyl (C=O) groups is 1. The summed E-state index contributed by atoms with van der Waals surface area (Å²) in [5.74, 6) is -0.0445. The third-order valence-corrected chi connectivity index (χ3v) is 3.90. The molecule has 3 heteroatoms. The van der Waals surface area contributed by atoms with E-state index in [0.717, 1.165) is 25.8 Å². The van der Waals surface area contributed by atoms with Gasteiger partial charge in [0.25, 0.3) is 0 Å². The van der Waals surface area contributed by atoms with Gasteiger partial charge in [0.1, 0.15) is 0 Å². The zero-order valence-electron chi connectivity index (χ0n) is 11.0. The Morgan fingerprint density at radius 1 is 1.50 bits per heavy atom. The highest BCUT2D eigenvalue weighted by Crippen LogP contribution is 2.32. The number of nitrogens with zero attached hydrogens (tertiary/aromatic N) is 1. The summed E-state index contributed by atoms with van der Waals surface area (Å²) in [4.78, 5) is 13.7. The maximum absolute atomic E-state index is 11.3. The van der Waals surface area contributed by atoms with Gasteiger partial charge in [0.2, 0.25) is 0 Å². The van der Waals surface area contributed by atoms with Gasteiger partial charge in [0.05, 0.1) is 5.41 Å². The topological polar surface area (TPSA) is 40.5 Å². The molecule has 0 spiro atoms. The number of carboxylic acid groups (broad SMARTS) is 1. The van der Waals surface area contributed by atoms with Crippen LogP contribution in [-0.4, -0.2) is 35.1 Å². The van der Waals surface area contributed by atoms with Gasteiger partial charge < -0.3 is 5.11 Å². The van der Waals surface area contributed by atoms with E-state index < -0.39 is 11.4 Å². The highest BCUT2D eigenvalue weighted by atomic mass is 16.4. The second kappa shape index (κ2) is 5.17. The molecule has 0 bridgehead atoms. The summed E-state index contributed by atoms with van der Waals surface area (Å²) >= 11 is 0. The summed E-state index contributed by atoms with van der Waals surface area (Å²) < 4.78 is 0. The standard InChI is InChI=1S/C13H25NO2/c1-5-11(10(2)3)14-8-6-7-13(4,9-14)12(15)16/h10-11H,5-9H2,1-4H3,(H,15,16). The van der Waals surface area contributed by atoms with E-state index in [1.807, 2.05) is 6.92 Å². The molecule has 0 amide bonds. The predicted molar refractivity (Wildman–Crippen MR) is 65.5 cm³/mol. The zero-order valence-corrected chi connectivity index (χ0v) is 11.0. The van der Waals surface area contributed by atoms with Crippen LogP contribution >= 0.6 is 0 Å². The first-order valence-electron chi connectivity index (χ1n) is 6.38. The minimum absolute atomic E-state index is 0.527. The monoisotopic (exact) mass is 227 g/mol. The van der Waals surface area contributed by atoms with E-state index in [9.17, 15) is 9.90 Å². The SMILES string of the molecule is CCC(C(C)C)N1CCCC(C)(C(=O)O)C1. The van der Waals surface area contributed by atoms with E-state index in [-0.39, 0.29) is 0 Å². The van der Waals surface area contributed by atoms with Crippen molar-refractivity contribution in [3.05, 3.63) is 0 Å². The summed E-state index contributed by atoms with van der Waals surface area (Å²) in [5, 5.41) is 9.28. The van der Waals surface area contributed by atoms with Gasteiger partial charge in [-0.15, -0.1) is 0 Å². The molecule has 0 aromatic heterocycles. The lowest BCUT2D eigenvalue weighted by atomic mass is 9.80. The molecule has 0 aromatic rings. The van der Waals surface area contributed by atoms with Gasteiger partial charge in [-0.3, -0.25) is 9.69 Å². The van der Waals surface area contributed by atoms with Gasteiger partial charge in [-0.05, 0) is 38.6 Å². The summed E-state index contributed by atoms with van der Waals surface area (Å²) in [6, 6.07) is 0.527. The fraction of sp³-hybridized carbons (Fsp3) is 0.923. The first-order valence-corrected chi connectivity index (χ1v) is 6.38. The van der Waals surface area contributed by atoms with E-state index in [2.05, 4.69) is 25.7 Å². The lowest BCUT2D eigenvalue weighted by Gasteiger charge is -2.43. The molecule has 0 radical (unpaired) electrons. The molecule has 0 saturated carbocycles. The Bertz CT molecular complexity index is 252. The van der Waals surface area contributed by atoms with Crippen molar-refractivity contribution in [2.24, 2.45) is 11.3 Å². The van der Waals surface area contributed by atoms with E-state index in [1.54, 1.807) is 0 Å². The Morgan fingerprint density at radius 2 is 2.12 bits per heavy atom. The maximum Gasteiger partial charge on any atom is 0.310 e. The van der Waals surface area contributed by atoms with Crippen molar-refractivity contribution < 1.29 is 9.90 Å². The summed E-state index contributed by atoms with van der Waals surface area (Å²) in [5.41, 5.74) is -0.541. The van der Waals surface area contributed by atoms with Crippen LogP contribution in [0, 0.1) is 11.3 Å². The third kappa shape index (κ3) is 2.76. The van der Waals surface area contributed by atoms with Crippen molar-refractivity contribution in [2.45, 2.75) is 53.0 Å². The van der Waals surface area contributed by atoms with Crippen molar-refractivity contribution >= 4 is 5.97 Å². The first kappa shape index (κ1) is 13.5. The van der Waals surface area contributed by atoms with Crippen molar-refractivity contribution in [1.82, 2.24) is 4.90 Å². The molecule has 1 rings (SSSR count). The van der Waals surface area contributed by atoms with Crippen LogP contribution in [0.3, 0.4) is 0 Å². The minimum atomic E-state index is -0.643. The minimum Gasteiger partial charge on any atom is -0.481 e. The van der Waals surface area contributed by atoms with Crippen molar-refractivity contribution in [2.75, 3.05) is 13.1 Å². The van der Waals surface area contributed by atoms with Crippen molar-refractivity contribution in [3.8, 4) is 0 Å². The number of rotatable bonds is 4. The smallest absolute Gasteiger partial charge is 0.310 e. The molecular formula is C13H25NO2. The molecule has 3 nitrogen and oxygen atoms in total. The number of likely N-dealkylation sites (tertiary alicyclic amines) is 1. The molecule has 0 aromatic carbocycles. The number of carboxylic acids is 1. The van der Waals surface area contributed by atoms with E-state index in [4.69, 9.17) is 0 Å². The average molecular weight is 227 g/mol. The summed E-state index contributed by atoms with van der Waals surface area (Å²) in [6.45, 7) is 10.3. The van der Waals surface area contributed by atoms with E-state index in [0.29, 0.717) is 18.5 Å². The Kier molecular flexibility index (Phi) is 4.36. The molecule has 16 heavy (non-hydrogen) atoms. The van der Waals surface area contributed by atoms with Gasteiger partial charge in [0, 0.05) is 12.6 Å². The third-order valence-electron chi connectivity index (χ3n) is 3.90. The number of piperidine rings is 1. The van der Waals surface area contributed by atoms with E-state index >= 15 is 0 Å². The second-order valence-corrected chi connectivity index (χ2v) is 5.66.